The number of hydrogen-bond donors (Lipinski definition) is 2. The highest BCUT2D eigenvalue weighted by molar-refractivity contribution is 6.58. The van der Waals surface area contributed by atoms with Gasteiger partial charge in [-0.05, 0) is 11.5 Å². The van der Waals surface area contributed by atoms with Crippen LogP contribution in [0.2, 0.25) is 5.02 Å². The van der Waals surface area contributed by atoms with Crippen molar-refractivity contribution in [2.24, 2.45) is 0 Å². The summed E-state index contributed by atoms with van der Waals surface area (Å²) in [6.07, 6.45) is 3.04. The lowest BCUT2D eigenvalue weighted by molar-refractivity contribution is 0.425. The van der Waals surface area contributed by atoms with E-state index in [2.05, 4.69) is 5.10 Å². The van der Waals surface area contributed by atoms with Crippen molar-refractivity contribution in [1.29, 1.82) is 0 Å². The highest BCUT2D eigenvalue weighted by atomic mass is 35.5. The number of rotatable bonds is 3. The molecule has 1 aromatic heterocycles. The maximum absolute atomic E-state index is 13.6. The molecule has 1 heterocycles. The SMILES string of the molecule is OB(O)c1ccc(Cn2cc(Cl)cn2)c(F)c1. The molecule has 0 amide bonds. The summed E-state index contributed by atoms with van der Waals surface area (Å²) >= 11 is 5.69. The van der Waals surface area contributed by atoms with Crippen molar-refractivity contribution >= 4 is 24.2 Å². The predicted octanol–water partition coefficient (Wildman–Crippen LogP) is 0.404. The molecule has 17 heavy (non-hydrogen) atoms. The third-order valence-corrected chi connectivity index (χ3v) is 2.50. The molecule has 0 saturated carbocycles. The lowest BCUT2D eigenvalue weighted by atomic mass is 9.80. The fraction of sp³-hybridized carbons (Fsp3) is 0.100. The molecule has 0 saturated heterocycles. The Morgan fingerprint density at radius 2 is 2.18 bits per heavy atom. The van der Waals surface area contributed by atoms with E-state index in [1.165, 1.54) is 23.0 Å². The Hall–Kier alpha value is -1.37. The van der Waals surface area contributed by atoms with E-state index in [9.17, 15) is 4.39 Å². The van der Waals surface area contributed by atoms with Crippen LogP contribution < -0.4 is 5.46 Å². The molecular formula is C10H9BClFN2O2. The molecule has 0 radical (unpaired) electrons. The van der Waals surface area contributed by atoms with Gasteiger partial charge in [0.25, 0.3) is 0 Å². The molecule has 4 nitrogen and oxygen atoms in total. The van der Waals surface area contributed by atoms with Crippen molar-refractivity contribution in [2.75, 3.05) is 0 Å². The van der Waals surface area contributed by atoms with E-state index < -0.39 is 12.9 Å². The van der Waals surface area contributed by atoms with Gasteiger partial charge in [0.2, 0.25) is 0 Å². The molecule has 0 bridgehead atoms. The molecule has 2 rings (SSSR count). The smallest absolute Gasteiger partial charge is 0.423 e. The predicted molar refractivity (Wildman–Crippen MR) is 62.6 cm³/mol. The molecular weight excluding hydrogens is 245 g/mol. The van der Waals surface area contributed by atoms with Crippen molar-refractivity contribution in [1.82, 2.24) is 9.78 Å². The van der Waals surface area contributed by atoms with Gasteiger partial charge >= 0.3 is 7.12 Å². The van der Waals surface area contributed by atoms with Gasteiger partial charge in [0.1, 0.15) is 5.82 Å². The van der Waals surface area contributed by atoms with Gasteiger partial charge in [0.15, 0.2) is 0 Å². The summed E-state index contributed by atoms with van der Waals surface area (Å²) in [5.74, 6) is -0.512. The summed E-state index contributed by atoms with van der Waals surface area (Å²) in [6, 6.07) is 4.03. The minimum absolute atomic E-state index is 0.116. The molecule has 88 valence electrons. The molecule has 0 aliphatic carbocycles. The van der Waals surface area contributed by atoms with E-state index in [1.54, 1.807) is 6.20 Å². The number of halogens is 2. The maximum Gasteiger partial charge on any atom is 0.488 e. The van der Waals surface area contributed by atoms with Gasteiger partial charge in [-0.3, -0.25) is 4.68 Å². The Kier molecular flexibility index (Phi) is 3.47. The summed E-state index contributed by atoms with van der Waals surface area (Å²) in [6.45, 7) is 0.236. The Labute approximate surface area is 102 Å². The molecule has 2 aromatic rings. The van der Waals surface area contributed by atoms with E-state index in [0.29, 0.717) is 10.6 Å². The van der Waals surface area contributed by atoms with E-state index in [0.717, 1.165) is 6.07 Å². The highest BCUT2D eigenvalue weighted by Gasteiger charge is 2.13. The van der Waals surface area contributed by atoms with Crippen molar-refractivity contribution in [2.45, 2.75) is 6.54 Å². The third kappa shape index (κ3) is 2.85. The zero-order chi connectivity index (χ0) is 12.4. The average molecular weight is 254 g/mol. The number of benzene rings is 1. The monoisotopic (exact) mass is 254 g/mol. The quantitative estimate of drug-likeness (QED) is 0.780. The first-order valence-corrected chi connectivity index (χ1v) is 5.26. The van der Waals surface area contributed by atoms with Crippen LogP contribution in [-0.4, -0.2) is 26.9 Å². The van der Waals surface area contributed by atoms with E-state index in [-0.39, 0.29) is 12.0 Å². The maximum atomic E-state index is 13.6. The fourth-order valence-corrected chi connectivity index (χ4v) is 1.61. The minimum Gasteiger partial charge on any atom is -0.423 e. The largest absolute Gasteiger partial charge is 0.488 e. The van der Waals surface area contributed by atoms with Crippen LogP contribution in [0.5, 0.6) is 0 Å². The van der Waals surface area contributed by atoms with Crippen LogP contribution in [0.1, 0.15) is 5.56 Å². The second-order valence-electron chi connectivity index (χ2n) is 3.58. The van der Waals surface area contributed by atoms with Gasteiger partial charge < -0.3 is 10.0 Å². The zero-order valence-electron chi connectivity index (χ0n) is 8.72. The summed E-state index contributed by atoms with van der Waals surface area (Å²) in [5.41, 5.74) is 0.513. The topological polar surface area (TPSA) is 58.3 Å². The minimum atomic E-state index is -1.67. The summed E-state index contributed by atoms with van der Waals surface area (Å²) < 4.78 is 15.1. The summed E-state index contributed by atoms with van der Waals surface area (Å²) in [5, 5.41) is 22.2. The van der Waals surface area contributed by atoms with Crippen molar-refractivity contribution < 1.29 is 14.4 Å². The van der Waals surface area contributed by atoms with E-state index >= 15 is 0 Å². The lowest BCUT2D eigenvalue weighted by Gasteiger charge is -2.06. The summed E-state index contributed by atoms with van der Waals surface area (Å²) in [4.78, 5) is 0. The van der Waals surface area contributed by atoms with Crippen LogP contribution in [0.4, 0.5) is 4.39 Å². The molecule has 1 aromatic carbocycles. The van der Waals surface area contributed by atoms with Crippen LogP contribution in [0, 0.1) is 5.82 Å². The van der Waals surface area contributed by atoms with Crippen LogP contribution in [0.15, 0.2) is 30.6 Å². The number of nitrogens with zero attached hydrogens (tertiary/aromatic N) is 2. The van der Waals surface area contributed by atoms with Gasteiger partial charge in [0, 0.05) is 11.8 Å². The van der Waals surface area contributed by atoms with Crippen molar-refractivity contribution in [3.05, 3.63) is 47.0 Å². The second kappa shape index (κ2) is 4.87. The van der Waals surface area contributed by atoms with Crippen LogP contribution in [0.25, 0.3) is 0 Å². The molecule has 0 fully saturated rings. The first-order chi connectivity index (χ1) is 8.06. The van der Waals surface area contributed by atoms with Gasteiger partial charge in [-0.2, -0.15) is 5.10 Å². The van der Waals surface area contributed by atoms with Crippen LogP contribution >= 0.6 is 11.6 Å². The molecule has 0 unspecified atom stereocenters. The van der Waals surface area contributed by atoms with Gasteiger partial charge in [-0.15, -0.1) is 0 Å². The molecule has 0 aliphatic rings. The third-order valence-electron chi connectivity index (χ3n) is 2.31. The lowest BCUT2D eigenvalue weighted by Crippen LogP contribution is -2.30. The number of aromatic nitrogens is 2. The molecule has 0 aliphatic heterocycles. The molecule has 0 atom stereocenters. The Morgan fingerprint density at radius 3 is 2.71 bits per heavy atom. The van der Waals surface area contributed by atoms with E-state index in [1.807, 2.05) is 0 Å². The average Bonchev–Trinajstić information content (AvgIpc) is 2.67. The van der Waals surface area contributed by atoms with Crippen molar-refractivity contribution in [3.8, 4) is 0 Å². The van der Waals surface area contributed by atoms with E-state index in [4.69, 9.17) is 21.6 Å². The standard InChI is InChI=1S/C10H9BClFN2O2/c12-9-4-14-15(6-9)5-7-1-2-8(11(16)17)3-10(7)13/h1-4,6,16-17H,5H2. The Balaban J connectivity index is 2.22. The highest BCUT2D eigenvalue weighted by Crippen LogP contribution is 2.10. The van der Waals surface area contributed by atoms with Gasteiger partial charge in [0.05, 0.1) is 17.8 Å². The Bertz CT molecular complexity index is 533. The van der Waals surface area contributed by atoms with Crippen LogP contribution in [-0.2, 0) is 6.54 Å². The fourth-order valence-electron chi connectivity index (χ4n) is 1.45. The second-order valence-corrected chi connectivity index (χ2v) is 4.02. The van der Waals surface area contributed by atoms with Gasteiger partial charge in [-0.1, -0.05) is 23.7 Å². The van der Waals surface area contributed by atoms with Crippen molar-refractivity contribution in [3.63, 3.8) is 0 Å². The van der Waals surface area contributed by atoms with Crippen LogP contribution in [0.3, 0.4) is 0 Å². The first-order valence-electron chi connectivity index (χ1n) is 4.88. The van der Waals surface area contributed by atoms with Gasteiger partial charge in [-0.25, -0.2) is 4.39 Å². The summed E-state index contributed by atoms with van der Waals surface area (Å²) in [7, 11) is -1.67. The number of hydrogen-bond acceptors (Lipinski definition) is 3. The normalized spacial score (nSPS) is 10.6. The Morgan fingerprint density at radius 1 is 1.41 bits per heavy atom. The molecule has 2 N–H and O–H groups in total. The molecule has 0 spiro atoms. The zero-order valence-corrected chi connectivity index (χ0v) is 9.47. The first kappa shape index (κ1) is 12.1. The molecule has 7 heteroatoms.